The van der Waals surface area contributed by atoms with Crippen LogP contribution in [0.25, 0.3) is 0 Å². The average Bonchev–Trinajstić information content (AvgIpc) is 2.95. The fourth-order valence-electron chi connectivity index (χ4n) is 2.54. The normalized spacial score (nSPS) is 24.9. The van der Waals surface area contributed by atoms with Crippen molar-refractivity contribution in [2.24, 2.45) is 0 Å². The molecule has 1 aromatic rings. The molecule has 20 heavy (non-hydrogen) atoms. The van der Waals surface area contributed by atoms with E-state index in [1.165, 1.54) is 11.1 Å². The van der Waals surface area contributed by atoms with Crippen LogP contribution in [0.5, 0.6) is 0 Å². The van der Waals surface area contributed by atoms with Gasteiger partial charge in [0.05, 0.1) is 12.2 Å². The number of pyridine rings is 1. The highest BCUT2D eigenvalue weighted by atomic mass is 16.2. The van der Waals surface area contributed by atoms with E-state index < -0.39 is 17.5 Å². The van der Waals surface area contributed by atoms with E-state index in [-0.39, 0.29) is 18.1 Å². The summed E-state index contributed by atoms with van der Waals surface area (Å²) >= 11 is 0. The van der Waals surface area contributed by atoms with Crippen molar-refractivity contribution >= 4 is 23.5 Å². The Morgan fingerprint density at radius 3 is 2.90 bits per heavy atom. The minimum atomic E-state index is -1.02. The summed E-state index contributed by atoms with van der Waals surface area (Å²) in [6, 6.07) is 2.71. The molecule has 1 atom stereocenters. The summed E-state index contributed by atoms with van der Waals surface area (Å²) in [5.74, 6) is -0.735. The Morgan fingerprint density at radius 1 is 1.45 bits per heavy atom. The minimum absolute atomic E-state index is 0.124. The molecule has 8 heteroatoms. The maximum atomic E-state index is 12.3. The molecule has 2 saturated heterocycles. The zero-order valence-corrected chi connectivity index (χ0v) is 10.5. The maximum Gasteiger partial charge on any atom is 0.322 e. The standard InChI is InChI=1S/C12H13N5O3/c13-7-2-1-4-14-8(7)9(18)17-5-3-12(6-17)10(19)15-11(20)16-12/h1-2,4H,3,5-6,13H2,(H2,15,16,19,20). The number of urea groups is 1. The first-order valence-electron chi connectivity index (χ1n) is 6.15. The summed E-state index contributed by atoms with van der Waals surface area (Å²) < 4.78 is 0. The molecule has 0 saturated carbocycles. The lowest BCUT2D eigenvalue weighted by atomic mass is 9.99. The highest BCUT2D eigenvalue weighted by molar-refractivity contribution is 6.08. The molecule has 3 heterocycles. The van der Waals surface area contributed by atoms with Gasteiger partial charge in [-0.2, -0.15) is 0 Å². The number of carbonyl (C=O) groups is 3. The third-order valence-electron chi connectivity index (χ3n) is 3.61. The zero-order chi connectivity index (χ0) is 14.3. The number of nitrogens with zero attached hydrogens (tertiary/aromatic N) is 2. The highest BCUT2D eigenvalue weighted by Crippen LogP contribution is 2.26. The largest absolute Gasteiger partial charge is 0.397 e. The van der Waals surface area contributed by atoms with Gasteiger partial charge < -0.3 is 16.0 Å². The molecule has 2 fully saturated rings. The van der Waals surface area contributed by atoms with Crippen molar-refractivity contribution in [2.75, 3.05) is 18.8 Å². The smallest absolute Gasteiger partial charge is 0.322 e. The van der Waals surface area contributed by atoms with Gasteiger partial charge in [-0.25, -0.2) is 9.78 Å². The molecule has 8 nitrogen and oxygen atoms in total. The van der Waals surface area contributed by atoms with E-state index >= 15 is 0 Å². The van der Waals surface area contributed by atoms with Gasteiger partial charge in [-0.3, -0.25) is 14.9 Å². The molecule has 4 amide bonds. The zero-order valence-electron chi connectivity index (χ0n) is 10.5. The summed E-state index contributed by atoms with van der Waals surface area (Å²) in [6.45, 7) is 0.488. The summed E-state index contributed by atoms with van der Waals surface area (Å²) in [4.78, 5) is 40.8. The molecule has 0 radical (unpaired) electrons. The average molecular weight is 275 g/mol. The van der Waals surface area contributed by atoms with E-state index in [2.05, 4.69) is 15.6 Å². The van der Waals surface area contributed by atoms with Gasteiger partial charge in [0.1, 0.15) is 5.54 Å². The molecule has 0 bridgehead atoms. The van der Waals surface area contributed by atoms with Crippen LogP contribution in [-0.4, -0.2) is 46.4 Å². The lowest BCUT2D eigenvalue weighted by Gasteiger charge is -2.21. The lowest BCUT2D eigenvalue weighted by molar-refractivity contribution is -0.123. The molecule has 104 valence electrons. The molecule has 2 aliphatic rings. The van der Waals surface area contributed by atoms with Crippen LogP contribution in [0.15, 0.2) is 18.3 Å². The van der Waals surface area contributed by atoms with Crippen LogP contribution in [0, 0.1) is 0 Å². The summed E-state index contributed by atoms with van der Waals surface area (Å²) in [7, 11) is 0. The third kappa shape index (κ3) is 1.77. The number of nitrogens with two attached hydrogens (primary N) is 1. The molecule has 1 spiro atoms. The van der Waals surface area contributed by atoms with Crippen LogP contribution in [0.4, 0.5) is 10.5 Å². The van der Waals surface area contributed by atoms with Gasteiger partial charge in [0.15, 0.2) is 5.69 Å². The topological polar surface area (TPSA) is 117 Å². The van der Waals surface area contributed by atoms with Gasteiger partial charge in [-0.1, -0.05) is 0 Å². The molecule has 1 unspecified atom stereocenters. The van der Waals surface area contributed by atoms with E-state index in [4.69, 9.17) is 5.73 Å². The van der Waals surface area contributed by atoms with Gasteiger partial charge >= 0.3 is 6.03 Å². The number of anilines is 1. The molecular formula is C12H13N5O3. The van der Waals surface area contributed by atoms with Crippen LogP contribution in [0.3, 0.4) is 0 Å². The first kappa shape index (κ1) is 12.4. The number of nitrogens with one attached hydrogen (secondary N) is 2. The van der Waals surface area contributed by atoms with Crippen molar-refractivity contribution in [1.29, 1.82) is 0 Å². The molecule has 0 aromatic carbocycles. The van der Waals surface area contributed by atoms with Crippen LogP contribution in [0.2, 0.25) is 0 Å². The summed E-state index contributed by atoms with van der Waals surface area (Å²) in [5.41, 5.74) is 5.16. The van der Waals surface area contributed by atoms with Crippen molar-refractivity contribution in [3.8, 4) is 0 Å². The second-order valence-corrected chi connectivity index (χ2v) is 4.91. The summed E-state index contributed by atoms with van der Waals surface area (Å²) in [5, 5.41) is 4.78. The predicted molar refractivity (Wildman–Crippen MR) is 68.6 cm³/mol. The predicted octanol–water partition coefficient (Wildman–Crippen LogP) is -0.912. The monoisotopic (exact) mass is 275 g/mol. The Bertz CT molecular complexity index is 617. The van der Waals surface area contributed by atoms with Gasteiger partial charge in [-0.05, 0) is 18.6 Å². The fraction of sp³-hybridized carbons (Fsp3) is 0.333. The number of imide groups is 1. The number of hydrogen-bond acceptors (Lipinski definition) is 5. The molecule has 1 aromatic heterocycles. The van der Waals surface area contributed by atoms with Crippen LogP contribution >= 0.6 is 0 Å². The van der Waals surface area contributed by atoms with Crippen molar-refractivity contribution in [2.45, 2.75) is 12.0 Å². The Balaban J connectivity index is 1.81. The highest BCUT2D eigenvalue weighted by Gasteiger charge is 2.51. The third-order valence-corrected chi connectivity index (χ3v) is 3.61. The minimum Gasteiger partial charge on any atom is -0.397 e. The SMILES string of the molecule is Nc1cccnc1C(=O)N1CCC2(C1)NC(=O)NC2=O. The lowest BCUT2D eigenvalue weighted by Crippen LogP contribution is -2.49. The van der Waals surface area contributed by atoms with E-state index in [9.17, 15) is 14.4 Å². The Labute approximate surface area is 114 Å². The van der Waals surface area contributed by atoms with Crippen molar-refractivity contribution < 1.29 is 14.4 Å². The number of carbonyl (C=O) groups excluding carboxylic acids is 3. The van der Waals surface area contributed by atoms with Gasteiger partial charge in [0.2, 0.25) is 0 Å². The van der Waals surface area contributed by atoms with Crippen LogP contribution in [-0.2, 0) is 4.79 Å². The first-order valence-corrected chi connectivity index (χ1v) is 6.15. The number of rotatable bonds is 1. The van der Waals surface area contributed by atoms with E-state index in [0.717, 1.165) is 0 Å². The molecular weight excluding hydrogens is 262 g/mol. The van der Waals surface area contributed by atoms with Gasteiger partial charge in [0, 0.05) is 12.7 Å². The maximum absolute atomic E-state index is 12.3. The Hall–Kier alpha value is -2.64. The number of amides is 4. The first-order chi connectivity index (χ1) is 9.52. The quantitative estimate of drug-likeness (QED) is 0.573. The Kier molecular flexibility index (Phi) is 2.60. The van der Waals surface area contributed by atoms with Crippen molar-refractivity contribution in [3.05, 3.63) is 24.0 Å². The van der Waals surface area contributed by atoms with Crippen LogP contribution < -0.4 is 16.4 Å². The number of nitrogen functional groups attached to an aromatic ring is 1. The Morgan fingerprint density at radius 2 is 2.25 bits per heavy atom. The van der Waals surface area contributed by atoms with Gasteiger partial charge in [0.25, 0.3) is 11.8 Å². The second-order valence-electron chi connectivity index (χ2n) is 4.91. The molecule has 3 rings (SSSR count). The molecule has 2 aliphatic heterocycles. The van der Waals surface area contributed by atoms with E-state index in [1.54, 1.807) is 12.1 Å². The number of likely N-dealkylation sites (tertiary alicyclic amines) is 1. The van der Waals surface area contributed by atoms with E-state index in [1.807, 2.05) is 0 Å². The second kappa shape index (κ2) is 4.19. The van der Waals surface area contributed by atoms with Crippen molar-refractivity contribution in [3.63, 3.8) is 0 Å². The number of hydrogen-bond donors (Lipinski definition) is 3. The van der Waals surface area contributed by atoms with Crippen molar-refractivity contribution in [1.82, 2.24) is 20.5 Å². The summed E-state index contributed by atoms with van der Waals surface area (Å²) in [6.07, 6.45) is 1.86. The molecule has 4 N–H and O–H groups in total. The van der Waals surface area contributed by atoms with Crippen LogP contribution in [0.1, 0.15) is 16.9 Å². The number of aromatic nitrogens is 1. The fourth-order valence-corrected chi connectivity index (χ4v) is 2.54. The van der Waals surface area contributed by atoms with Gasteiger partial charge in [-0.15, -0.1) is 0 Å². The molecule has 0 aliphatic carbocycles. The van der Waals surface area contributed by atoms with E-state index in [0.29, 0.717) is 18.7 Å².